The number of hydrogen-bond donors (Lipinski definition) is 2. The number of nitrogens with one attached hydrogen (secondary N) is 2. The van der Waals surface area contributed by atoms with Crippen molar-refractivity contribution >= 4 is 46.5 Å². The summed E-state index contributed by atoms with van der Waals surface area (Å²) in [5.74, 6) is -1.06. The normalized spacial score (nSPS) is 19.9. The number of urea groups is 1. The predicted molar refractivity (Wildman–Crippen MR) is 117 cm³/mol. The molecule has 2 unspecified atom stereocenters. The van der Waals surface area contributed by atoms with E-state index >= 15 is 0 Å². The van der Waals surface area contributed by atoms with Crippen LogP contribution in [-0.2, 0) is 9.59 Å². The van der Waals surface area contributed by atoms with Crippen LogP contribution in [-0.4, -0.2) is 46.8 Å². The van der Waals surface area contributed by atoms with Crippen LogP contribution in [0.3, 0.4) is 0 Å². The summed E-state index contributed by atoms with van der Waals surface area (Å²) in [6.07, 6.45) is 1.49. The molecule has 0 saturated carbocycles. The highest BCUT2D eigenvalue weighted by Crippen LogP contribution is 2.31. The zero-order valence-corrected chi connectivity index (χ0v) is 17.8. The van der Waals surface area contributed by atoms with E-state index in [1.165, 1.54) is 24.4 Å². The van der Waals surface area contributed by atoms with Gasteiger partial charge in [-0.3, -0.25) is 19.7 Å². The summed E-state index contributed by atoms with van der Waals surface area (Å²) in [7, 11) is 1.63. The maximum Gasteiger partial charge on any atom is 0.329 e. The van der Waals surface area contributed by atoms with Gasteiger partial charge in [-0.05, 0) is 36.8 Å². The van der Waals surface area contributed by atoms with Gasteiger partial charge in [-0.25, -0.2) is 9.69 Å². The topological polar surface area (TPSA) is 125 Å². The number of rotatable bonds is 4. The van der Waals surface area contributed by atoms with E-state index in [-0.39, 0.29) is 16.9 Å². The Morgan fingerprint density at radius 1 is 1.19 bits per heavy atom. The molecule has 2 heterocycles. The van der Waals surface area contributed by atoms with Gasteiger partial charge in [-0.15, -0.1) is 0 Å². The number of nitrogens with zero attached hydrogens (tertiary/aromatic N) is 3. The van der Waals surface area contributed by atoms with Gasteiger partial charge in [0, 0.05) is 30.4 Å². The summed E-state index contributed by atoms with van der Waals surface area (Å²) < 4.78 is 0. The second kappa shape index (κ2) is 7.97. The minimum absolute atomic E-state index is 0.166. The van der Waals surface area contributed by atoms with Crippen molar-refractivity contribution < 1.29 is 19.3 Å². The minimum Gasteiger partial charge on any atom is -0.366 e. The summed E-state index contributed by atoms with van der Waals surface area (Å²) in [4.78, 5) is 52.0. The lowest BCUT2D eigenvalue weighted by atomic mass is 9.99. The molecule has 2 aromatic rings. The molecule has 0 spiro atoms. The van der Waals surface area contributed by atoms with E-state index in [4.69, 9.17) is 11.6 Å². The number of imide groups is 1. The summed E-state index contributed by atoms with van der Waals surface area (Å²) in [6, 6.07) is 8.02. The van der Waals surface area contributed by atoms with Crippen LogP contribution >= 0.6 is 11.6 Å². The van der Waals surface area contributed by atoms with Gasteiger partial charge < -0.3 is 15.5 Å². The summed E-state index contributed by atoms with van der Waals surface area (Å²) in [6.45, 7) is 1.70. The third kappa shape index (κ3) is 3.65. The highest BCUT2D eigenvalue weighted by molar-refractivity contribution is 6.30. The molecule has 1 fully saturated rings. The molecule has 164 valence electrons. The predicted octanol–water partition coefficient (Wildman–Crippen LogP) is 2.82. The number of nitro groups is 1. The Hall–Kier alpha value is -3.92. The van der Waals surface area contributed by atoms with Crippen LogP contribution in [0.4, 0.5) is 21.9 Å². The van der Waals surface area contributed by atoms with E-state index < -0.39 is 34.9 Å². The maximum absolute atomic E-state index is 13.2. The van der Waals surface area contributed by atoms with Gasteiger partial charge in [0.05, 0.1) is 27.9 Å². The number of nitro benzene ring substituents is 1. The number of non-ortho nitro benzene ring substituents is 1. The van der Waals surface area contributed by atoms with Crippen LogP contribution in [0.1, 0.15) is 5.56 Å². The van der Waals surface area contributed by atoms with Gasteiger partial charge in [0.25, 0.3) is 17.5 Å². The summed E-state index contributed by atoms with van der Waals surface area (Å²) in [5.41, 5.74) is 1.26. The molecular formula is C21H18ClN5O5. The van der Waals surface area contributed by atoms with E-state index in [0.29, 0.717) is 16.3 Å². The average molecular weight is 456 g/mol. The number of carbonyl (C=O) groups is 3. The molecule has 2 N–H and O–H groups in total. The zero-order chi connectivity index (χ0) is 23.2. The van der Waals surface area contributed by atoms with Gasteiger partial charge in [0.2, 0.25) is 0 Å². The number of fused-ring (bicyclic) bond motifs is 1. The summed E-state index contributed by atoms with van der Waals surface area (Å²) in [5, 5.41) is 16.9. The molecule has 4 rings (SSSR count). The Morgan fingerprint density at radius 2 is 1.88 bits per heavy atom. The molecule has 2 aliphatic heterocycles. The number of hydrogen-bond acceptors (Lipinski definition) is 6. The van der Waals surface area contributed by atoms with Gasteiger partial charge in [0.15, 0.2) is 0 Å². The quantitative estimate of drug-likeness (QED) is 0.539. The summed E-state index contributed by atoms with van der Waals surface area (Å²) >= 11 is 5.89. The van der Waals surface area contributed by atoms with E-state index in [1.807, 2.05) is 0 Å². The number of carbonyl (C=O) groups excluding carboxylic acids is 3. The first-order valence-electron chi connectivity index (χ1n) is 9.57. The lowest BCUT2D eigenvalue weighted by Crippen LogP contribution is -2.65. The van der Waals surface area contributed by atoms with E-state index in [9.17, 15) is 24.5 Å². The van der Waals surface area contributed by atoms with Gasteiger partial charge in [-0.2, -0.15) is 0 Å². The lowest BCUT2D eigenvalue weighted by Gasteiger charge is -2.37. The molecule has 2 atom stereocenters. The van der Waals surface area contributed by atoms with Crippen LogP contribution in [0.5, 0.6) is 0 Å². The van der Waals surface area contributed by atoms with Crippen LogP contribution in [0, 0.1) is 17.0 Å². The van der Waals surface area contributed by atoms with Crippen molar-refractivity contribution in [3.63, 3.8) is 0 Å². The van der Waals surface area contributed by atoms with Crippen molar-refractivity contribution in [2.24, 2.45) is 0 Å². The SMILES string of the molecule is Cc1ccc([N+](=O)[O-])cc1NC(=O)C1=CN(C)C2C(=O)N(c3ccc(Cl)cc3)C(=O)NC12. The molecule has 4 amide bonds. The van der Waals surface area contributed by atoms with Gasteiger partial charge in [0.1, 0.15) is 6.04 Å². The Bertz CT molecular complexity index is 1180. The molecule has 2 aromatic carbocycles. The molecule has 2 aliphatic rings. The number of aryl methyl sites for hydroxylation is 1. The van der Waals surface area contributed by atoms with Crippen molar-refractivity contribution in [1.82, 2.24) is 10.2 Å². The second-order valence-corrected chi connectivity index (χ2v) is 7.92. The third-order valence-corrected chi connectivity index (χ3v) is 5.67. The molecular weight excluding hydrogens is 438 g/mol. The van der Waals surface area contributed by atoms with Crippen molar-refractivity contribution in [3.8, 4) is 0 Å². The Kier molecular flexibility index (Phi) is 5.31. The number of anilines is 2. The third-order valence-electron chi connectivity index (χ3n) is 5.41. The maximum atomic E-state index is 13.2. The number of benzene rings is 2. The average Bonchev–Trinajstić information content (AvgIpc) is 3.07. The first-order chi connectivity index (χ1) is 15.2. The Labute approximate surface area is 187 Å². The number of halogens is 1. The zero-order valence-electron chi connectivity index (χ0n) is 17.0. The Balaban J connectivity index is 1.58. The monoisotopic (exact) mass is 455 g/mol. The highest BCUT2D eigenvalue weighted by Gasteiger charge is 2.49. The first kappa shape index (κ1) is 21.3. The smallest absolute Gasteiger partial charge is 0.329 e. The standard InChI is InChI=1S/C21H18ClN5O5/c1-11-3-6-14(27(31)32)9-16(11)23-19(28)15-10-25(2)18-17(15)24-21(30)26(20(18)29)13-7-4-12(22)5-8-13/h3-10,17-18H,1-2H3,(H,23,28)(H,24,30). The largest absolute Gasteiger partial charge is 0.366 e. The fourth-order valence-electron chi connectivity index (χ4n) is 3.78. The van der Waals surface area contributed by atoms with E-state index in [1.54, 1.807) is 43.1 Å². The van der Waals surface area contributed by atoms with Crippen LogP contribution < -0.4 is 15.5 Å². The second-order valence-electron chi connectivity index (χ2n) is 7.48. The van der Waals surface area contributed by atoms with Crippen LogP contribution in [0.25, 0.3) is 0 Å². The molecule has 11 heteroatoms. The minimum atomic E-state index is -0.873. The molecule has 0 radical (unpaired) electrons. The van der Waals surface area contributed by atoms with E-state index in [2.05, 4.69) is 10.6 Å². The molecule has 32 heavy (non-hydrogen) atoms. The number of amides is 4. The van der Waals surface area contributed by atoms with Crippen molar-refractivity contribution in [2.45, 2.75) is 19.0 Å². The van der Waals surface area contributed by atoms with Gasteiger partial charge >= 0.3 is 6.03 Å². The Morgan fingerprint density at radius 3 is 2.53 bits per heavy atom. The molecule has 1 saturated heterocycles. The van der Waals surface area contributed by atoms with Crippen LogP contribution in [0.15, 0.2) is 54.2 Å². The fourth-order valence-corrected chi connectivity index (χ4v) is 3.90. The van der Waals surface area contributed by atoms with Crippen molar-refractivity contribution in [2.75, 3.05) is 17.3 Å². The van der Waals surface area contributed by atoms with Crippen molar-refractivity contribution in [3.05, 3.63) is 74.9 Å². The molecule has 0 bridgehead atoms. The first-order valence-corrected chi connectivity index (χ1v) is 9.95. The van der Waals surface area contributed by atoms with E-state index in [0.717, 1.165) is 4.90 Å². The highest BCUT2D eigenvalue weighted by atomic mass is 35.5. The molecule has 10 nitrogen and oxygen atoms in total. The molecule has 0 aromatic heterocycles. The van der Waals surface area contributed by atoms with Gasteiger partial charge in [-0.1, -0.05) is 17.7 Å². The lowest BCUT2D eigenvalue weighted by molar-refractivity contribution is -0.384. The number of likely N-dealkylation sites (N-methyl/N-ethyl adjacent to an activating group) is 1. The van der Waals surface area contributed by atoms with Crippen LogP contribution in [0.2, 0.25) is 5.02 Å². The fraction of sp³-hybridized carbons (Fsp3) is 0.190. The van der Waals surface area contributed by atoms with Crippen molar-refractivity contribution in [1.29, 1.82) is 0 Å². The molecule has 0 aliphatic carbocycles.